The standard InChI is InChI=1S/C19H31N3O/c1-3-5-12-21(13-6-4-2)14-9-15-22-18-11-8-7-10-17(18)20-19(22)16-23/h7-8,10-11,23H,3-6,9,12-16H2,1-2H3. The van der Waals surface area contributed by atoms with Gasteiger partial charge in [0.1, 0.15) is 12.4 Å². The average Bonchev–Trinajstić information content (AvgIpc) is 2.94. The zero-order valence-corrected chi connectivity index (χ0v) is 14.7. The van der Waals surface area contributed by atoms with Crippen molar-refractivity contribution >= 4 is 11.0 Å². The molecule has 0 bridgehead atoms. The second-order valence-electron chi connectivity index (χ2n) is 6.23. The quantitative estimate of drug-likeness (QED) is 0.685. The van der Waals surface area contributed by atoms with E-state index in [0.717, 1.165) is 36.4 Å². The van der Waals surface area contributed by atoms with Crippen LogP contribution in [0.1, 0.15) is 51.8 Å². The van der Waals surface area contributed by atoms with E-state index in [1.165, 1.54) is 38.8 Å². The lowest BCUT2D eigenvalue weighted by Crippen LogP contribution is -2.28. The predicted octanol–water partition coefficient (Wildman–Crippen LogP) is 3.82. The first-order valence-corrected chi connectivity index (χ1v) is 9.07. The fourth-order valence-electron chi connectivity index (χ4n) is 3.05. The van der Waals surface area contributed by atoms with Crippen LogP contribution in [0, 0.1) is 0 Å². The Hall–Kier alpha value is -1.39. The van der Waals surface area contributed by atoms with E-state index in [4.69, 9.17) is 0 Å². The number of benzene rings is 1. The van der Waals surface area contributed by atoms with Crippen LogP contribution in [0.25, 0.3) is 11.0 Å². The number of aliphatic hydroxyl groups excluding tert-OH is 1. The van der Waals surface area contributed by atoms with Crippen LogP contribution in [0.5, 0.6) is 0 Å². The van der Waals surface area contributed by atoms with Gasteiger partial charge in [-0.05, 0) is 51.0 Å². The van der Waals surface area contributed by atoms with Crippen molar-refractivity contribution in [2.75, 3.05) is 19.6 Å². The van der Waals surface area contributed by atoms with E-state index in [1.807, 2.05) is 18.2 Å². The number of imidazole rings is 1. The molecule has 1 aromatic carbocycles. The van der Waals surface area contributed by atoms with Gasteiger partial charge in [0.15, 0.2) is 0 Å². The fraction of sp³-hybridized carbons (Fsp3) is 0.632. The minimum Gasteiger partial charge on any atom is -0.388 e. The lowest BCUT2D eigenvalue weighted by atomic mass is 10.2. The Morgan fingerprint density at radius 2 is 1.65 bits per heavy atom. The van der Waals surface area contributed by atoms with Gasteiger partial charge in [0.2, 0.25) is 0 Å². The highest BCUT2D eigenvalue weighted by atomic mass is 16.3. The first kappa shape index (κ1) is 18.0. The smallest absolute Gasteiger partial charge is 0.135 e. The topological polar surface area (TPSA) is 41.3 Å². The number of aromatic nitrogens is 2. The third-order valence-corrected chi connectivity index (χ3v) is 4.39. The largest absolute Gasteiger partial charge is 0.388 e. The van der Waals surface area contributed by atoms with Crippen LogP contribution in [0.4, 0.5) is 0 Å². The van der Waals surface area contributed by atoms with Gasteiger partial charge in [-0.15, -0.1) is 0 Å². The van der Waals surface area contributed by atoms with Crippen LogP contribution in [0.15, 0.2) is 24.3 Å². The molecule has 0 saturated carbocycles. The van der Waals surface area contributed by atoms with E-state index in [0.29, 0.717) is 0 Å². The summed E-state index contributed by atoms with van der Waals surface area (Å²) in [6, 6.07) is 8.14. The predicted molar refractivity (Wildman–Crippen MR) is 96.5 cm³/mol. The summed E-state index contributed by atoms with van der Waals surface area (Å²) in [6.45, 7) is 8.96. The van der Waals surface area contributed by atoms with Gasteiger partial charge in [0, 0.05) is 6.54 Å². The summed E-state index contributed by atoms with van der Waals surface area (Å²) >= 11 is 0. The van der Waals surface area contributed by atoms with Crippen LogP contribution in [-0.2, 0) is 13.2 Å². The Labute approximate surface area is 140 Å². The van der Waals surface area contributed by atoms with Crippen molar-refractivity contribution in [1.29, 1.82) is 0 Å². The van der Waals surface area contributed by atoms with Crippen molar-refractivity contribution < 1.29 is 5.11 Å². The summed E-state index contributed by atoms with van der Waals surface area (Å²) in [4.78, 5) is 7.12. The number of rotatable bonds is 11. The van der Waals surface area contributed by atoms with Crippen LogP contribution in [0.3, 0.4) is 0 Å². The summed E-state index contributed by atoms with van der Waals surface area (Å²) < 4.78 is 2.17. The first-order valence-electron chi connectivity index (χ1n) is 9.07. The summed E-state index contributed by atoms with van der Waals surface area (Å²) in [7, 11) is 0. The molecule has 0 unspecified atom stereocenters. The molecule has 0 spiro atoms. The summed E-state index contributed by atoms with van der Waals surface area (Å²) in [6.07, 6.45) is 6.16. The highest BCUT2D eigenvalue weighted by molar-refractivity contribution is 5.75. The van der Waals surface area contributed by atoms with Crippen molar-refractivity contribution in [3.05, 3.63) is 30.1 Å². The number of hydrogen-bond acceptors (Lipinski definition) is 3. The first-order chi connectivity index (χ1) is 11.3. The SMILES string of the molecule is CCCCN(CCCC)CCCn1c(CO)nc2ccccc21. The molecule has 4 nitrogen and oxygen atoms in total. The third-order valence-electron chi connectivity index (χ3n) is 4.39. The lowest BCUT2D eigenvalue weighted by molar-refractivity contribution is 0.249. The van der Waals surface area contributed by atoms with Gasteiger partial charge in [-0.1, -0.05) is 38.8 Å². The summed E-state index contributed by atoms with van der Waals surface area (Å²) in [5.74, 6) is 0.778. The molecule has 0 aliphatic rings. The number of unbranched alkanes of at least 4 members (excludes halogenated alkanes) is 2. The number of para-hydroxylation sites is 2. The molecular formula is C19H31N3O. The number of nitrogens with zero attached hydrogens (tertiary/aromatic N) is 3. The van der Waals surface area contributed by atoms with E-state index in [1.54, 1.807) is 0 Å². The minimum absolute atomic E-state index is 0.00403. The Morgan fingerprint density at radius 1 is 1.00 bits per heavy atom. The van der Waals surface area contributed by atoms with Crippen LogP contribution in [-0.4, -0.2) is 39.2 Å². The molecule has 0 atom stereocenters. The molecule has 2 aromatic rings. The maximum absolute atomic E-state index is 9.57. The fourth-order valence-corrected chi connectivity index (χ4v) is 3.05. The molecule has 1 heterocycles. The second kappa shape index (κ2) is 9.68. The Kier molecular flexibility index (Phi) is 7.56. The number of fused-ring (bicyclic) bond motifs is 1. The number of aliphatic hydroxyl groups is 1. The van der Waals surface area contributed by atoms with E-state index in [2.05, 4.69) is 34.4 Å². The van der Waals surface area contributed by atoms with Crippen molar-refractivity contribution in [3.63, 3.8) is 0 Å². The maximum Gasteiger partial charge on any atom is 0.135 e. The lowest BCUT2D eigenvalue weighted by Gasteiger charge is -2.22. The van der Waals surface area contributed by atoms with Crippen LogP contribution < -0.4 is 0 Å². The highest BCUT2D eigenvalue weighted by Crippen LogP contribution is 2.16. The Morgan fingerprint density at radius 3 is 2.30 bits per heavy atom. The molecule has 4 heteroatoms. The molecule has 2 rings (SSSR count). The van der Waals surface area contributed by atoms with Crippen LogP contribution >= 0.6 is 0 Å². The molecule has 1 N–H and O–H groups in total. The minimum atomic E-state index is 0.00403. The molecule has 0 aliphatic carbocycles. The third kappa shape index (κ3) is 5.05. The summed E-state index contributed by atoms with van der Waals surface area (Å²) in [5.41, 5.74) is 2.11. The molecule has 128 valence electrons. The summed E-state index contributed by atoms with van der Waals surface area (Å²) in [5, 5.41) is 9.57. The van der Waals surface area contributed by atoms with Crippen LogP contribution in [0.2, 0.25) is 0 Å². The van der Waals surface area contributed by atoms with Gasteiger partial charge in [0.25, 0.3) is 0 Å². The molecule has 0 fully saturated rings. The van der Waals surface area contributed by atoms with Crippen molar-refractivity contribution in [2.24, 2.45) is 0 Å². The van der Waals surface area contributed by atoms with E-state index >= 15 is 0 Å². The van der Waals surface area contributed by atoms with Gasteiger partial charge in [-0.2, -0.15) is 0 Å². The maximum atomic E-state index is 9.57. The van der Waals surface area contributed by atoms with E-state index in [9.17, 15) is 5.11 Å². The molecular weight excluding hydrogens is 286 g/mol. The van der Waals surface area contributed by atoms with Gasteiger partial charge in [-0.25, -0.2) is 4.98 Å². The van der Waals surface area contributed by atoms with Crippen molar-refractivity contribution in [2.45, 2.75) is 59.1 Å². The van der Waals surface area contributed by atoms with E-state index in [-0.39, 0.29) is 6.61 Å². The van der Waals surface area contributed by atoms with E-state index < -0.39 is 0 Å². The Bertz CT molecular complexity index is 571. The molecule has 0 amide bonds. The highest BCUT2D eigenvalue weighted by Gasteiger charge is 2.10. The van der Waals surface area contributed by atoms with Crippen molar-refractivity contribution in [3.8, 4) is 0 Å². The van der Waals surface area contributed by atoms with Gasteiger partial charge < -0.3 is 14.6 Å². The van der Waals surface area contributed by atoms with Gasteiger partial charge in [0.05, 0.1) is 11.0 Å². The van der Waals surface area contributed by atoms with Crippen molar-refractivity contribution in [1.82, 2.24) is 14.5 Å². The molecule has 0 aliphatic heterocycles. The molecule has 1 aromatic heterocycles. The van der Waals surface area contributed by atoms with Gasteiger partial charge in [-0.3, -0.25) is 0 Å². The molecule has 0 radical (unpaired) electrons. The number of aryl methyl sites for hydroxylation is 1. The van der Waals surface area contributed by atoms with Gasteiger partial charge >= 0.3 is 0 Å². The zero-order chi connectivity index (χ0) is 16.5. The normalized spacial score (nSPS) is 11.7. The Balaban J connectivity index is 1.96. The number of hydrogen-bond donors (Lipinski definition) is 1. The zero-order valence-electron chi connectivity index (χ0n) is 14.7. The molecule has 23 heavy (non-hydrogen) atoms. The average molecular weight is 317 g/mol. The molecule has 0 saturated heterocycles. The second-order valence-corrected chi connectivity index (χ2v) is 6.23. The monoisotopic (exact) mass is 317 g/mol.